The van der Waals surface area contributed by atoms with Gasteiger partial charge in [-0.05, 0) is 37.2 Å². The van der Waals surface area contributed by atoms with Gasteiger partial charge in [0.05, 0.1) is 6.61 Å². The van der Waals surface area contributed by atoms with E-state index in [2.05, 4.69) is 32.7 Å². The van der Waals surface area contributed by atoms with Crippen LogP contribution in [0.25, 0.3) is 6.08 Å². The molecule has 1 rings (SSSR count). The van der Waals surface area contributed by atoms with Crippen molar-refractivity contribution >= 4 is 6.08 Å². The van der Waals surface area contributed by atoms with Crippen LogP contribution in [0.2, 0.25) is 0 Å². The largest absolute Gasteiger partial charge is 0.494 e. The van der Waals surface area contributed by atoms with E-state index in [1.807, 2.05) is 30.3 Å². The fourth-order valence-corrected chi connectivity index (χ4v) is 1.52. The van der Waals surface area contributed by atoms with Crippen LogP contribution in [0.5, 0.6) is 5.75 Å². The van der Waals surface area contributed by atoms with E-state index in [1.54, 1.807) is 0 Å². The average molecular weight is 263 g/mol. The quantitative estimate of drug-likeness (QED) is 0.697. The van der Waals surface area contributed by atoms with Crippen molar-refractivity contribution in [3.63, 3.8) is 0 Å². The Hall–Kier alpha value is -1.28. The number of rotatable bonds is 8. The van der Waals surface area contributed by atoms with Crippen LogP contribution >= 0.6 is 0 Å². The molecule has 1 N–H and O–H groups in total. The second-order valence-electron chi connectivity index (χ2n) is 4.29. The molecule has 0 radical (unpaired) electrons. The topological polar surface area (TPSA) is 21.3 Å². The first-order chi connectivity index (χ1) is 9.28. The minimum absolute atomic E-state index is 0.814. The summed E-state index contributed by atoms with van der Waals surface area (Å²) >= 11 is 0. The van der Waals surface area contributed by atoms with E-state index in [0.29, 0.717) is 0 Å². The minimum atomic E-state index is 0.814. The Morgan fingerprint density at radius 2 is 1.89 bits per heavy atom. The number of hydrogen-bond donors (Lipinski definition) is 1. The lowest BCUT2D eigenvalue weighted by atomic mass is 10.2. The number of nitrogens with one attached hydrogen (secondary N) is 1. The van der Waals surface area contributed by atoms with E-state index < -0.39 is 0 Å². The minimum Gasteiger partial charge on any atom is -0.494 e. The van der Waals surface area contributed by atoms with Crippen molar-refractivity contribution in [2.75, 3.05) is 19.7 Å². The van der Waals surface area contributed by atoms with Gasteiger partial charge in [-0.2, -0.15) is 0 Å². The first-order valence-corrected chi connectivity index (χ1v) is 7.34. The van der Waals surface area contributed by atoms with Gasteiger partial charge in [0.1, 0.15) is 5.75 Å². The maximum absolute atomic E-state index is 5.60. The Bertz CT molecular complexity index is 321. The van der Waals surface area contributed by atoms with Crippen molar-refractivity contribution in [2.24, 2.45) is 0 Å². The summed E-state index contributed by atoms with van der Waals surface area (Å²) in [5.74, 6) is 0.943. The van der Waals surface area contributed by atoms with Crippen molar-refractivity contribution in [3.05, 3.63) is 36.4 Å². The highest BCUT2D eigenvalue weighted by Crippen LogP contribution is 2.14. The molecule has 0 heterocycles. The zero-order valence-electron chi connectivity index (χ0n) is 12.7. The van der Waals surface area contributed by atoms with E-state index in [0.717, 1.165) is 37.4 Å². The molecule has 0 saturated carbocycles. The SMILES string of the molecule is C=Cc1cccc(OCCCCC)c1.CCNCC. The van der Waals surface area contributed by atoms with Gasteiger partial charge < -0.3 is 10.1 Å². The van der Waals surface area contributed by atoms with E-state index in [4.69, 9.17) is 4.74 Å². The van der Waals surface area contributed by atoms with Crippen LogP contribution in [0.1, 0.15) is 45.6 Å². The van der Waals surface area contributed by atoms with Crippen LogP contribution in [-0.4, -0.2) is 19.7 Å². The molecule has 0 aliphatic rings. The third-order valence-electron chi connectivity index (χ3n) is 2.61. The third kappa shape index (κ3) is 10.3. The predicted molar refractivity (Wildman–Crippen MR) is 85.8 cm³/mol. The lowest BCUT2D eigenvalue weighted by molar-refractivity contribution is 0.306. The molecule has 0 atom stereocenters. The Balaban J connectivity index is 0.000000555. The molecule has 1 aromatic rings. The molecule has 0 fully saturated rings. The van der Waals surface area contributed by atoms with Crippen LogP contribution in [0.4, 0.5) is 0 Å². The zero-order chi connectivity index (χ0) is 14.3. The van der Waals surface area contributed by atoms with E-state index >= 15 is 0 Å². The van der Waals surface area contributed by atoms with Crippen molar-refractivity contribution < 1.29 is 4.74 Å². The zero-order valence-corrected chi connectivity index (χ0v) is 12.7. The monoisotopic (exact) mass is 263 g/mol. The molecule has 2 nitrogen and oxygen atoms in total. The molecule has 1 aromatic carbocycles. The molecule has 0 amide bonds. The molecule has 19 heavy (non-hydrogen) atoms. The van der Waals surface area contributed by atoms with Crippen molar-refractivity contribution in [1.82, 2.24) is 5.32 Å². The highest BCUT2D eigenvalue weighted by Gasteiger charge is 1.93. The molecular formula is C17H29NO. The summed E-state index contributed by atoms with van der Waals surface area (Å²) in [5, 5.41) is 3.11. The highest BCUT2D eigenvalue weighted by atomic mass is 16.5. The van der Waals surface area contributed by atoms with Gasteiger partial charge in [0.25, 0.3) is 0 Å². The van der Waals surface area contributed by atoms with Crippen molar-refractivity contribution in [1.29, 1.82) is 0 Å². The van der Waals surface area contributed by atoms with Crippen molar-refractivity contribution in [2.45, 2.75) is 40.0 Å². The molecule has 0 aromatic heterocycles. The Morgan fingerprint density at radius 3 is 2.42 bits per heavy atom. The maximum atomic E-state index is 5.60. The lowest BCUT2D eigenvalue weighted by Gasteiger charge is -2.05. The van der Waals surface area contributed by atoms with Gasteiger partial charge in [0.15, 0.2) is 0 Å². The average Bonchev–Trinajstić information content (AvgIpc) is 2.45. The Kier molecular flexibility index (Phi) is 12.3. The number of unbranched alkanes of at least 4 members (excludes halogenated alkanes) is 2. The molecule has 0 bridgehead atoms. The molecule has 0 aliphatic carbocycles. The molecule has 2 heteroatoms. The Morgan fingerprint density at radius 1 is 1.16 bits per heavy atom. The molecular weight excluding hydrogens is 234 g/mol. The van der Waals surface area contributed by atoms with Gasteiger partial charge >= 0.3 is 0 Å². The first-order valence-electron chi connectivity index (χ1n) is 7.34. The molecule has 0 unspecified atom stereocenters. The van der Waals surface area contributed by atoms with Gasteiger partial charge in [-0.25, -0.2) is 0 Å². The predicted octanol–water partition coefficient (Wildman–Crippen LogP) is 4.51. The van der Waals surface area contributed by atoms with Crippen LogP contribution in [0.15, 0.2) is 30.8 Å². The second kappa shape index (κ2) is 13.2. The highest BCUT2D eigenvalue weighted by molar-refractivity contribution is 5.49. The summed E-state index contributed by atoms with van der Waals surface area (Å²) in [6.45, 7) is 13.1. The third-order valence-corrected chi connectivity index (χ3v) is 2.61. The van der Waals surface area contributed by atoms with Crippen LogP contribution < -0.4 is 10.1 Å². The Labute approximate surface area is 118 Å². The first kappa shape index (κ1) is 17.7. The molecule has 0 spiro atoms. The van der Waals surface area contributed by atoms with E-state index in [-0.39, 0.29) is 0 Å². The van der Waals surface area contributed by atoms with Gasteiger partial charge in [-0.1, -0.05) is 58.4 Å². The summed E-state index contributed by atoms with van der Waals surface area (Å²) in [6, 6.07) is 8.01. The normalized spacial score (nSPS) is 9.42. The second-order valence-corrected chi connectivity index (χ2v) is 4.29. The summed E-state index contributed by atoms with van der Waals surface area (Å²) in [7, 11) is 0. The number of ether oxygens (including phenoxy) is 1. The van der Waals surface area contributed by atoms with Gasteiger partial charge in [-0.3, -0.25) is 0 Å². The fourth-order valence-electron chi connectivity index (χ4n) is 1.52. The fraction of sp³-hybridized carbons (Fsp3) is 0.529. The smallest absolute Gasteiger partial charge is 0.119 e. The van der Waals surface area contributed by atoms with Gasteiger partial charge in [0, 0.05) is 0 Å². The standard InChI is InChI=1S/C13H18O.C4H11N/c1-3-5-6-10-14-13-9-7-8-12(4-2)11-13;1-3-5-4-2/h4,7-9,11H,2-3,5-6,10H2,1H3;5H,3-4H2,1-2H3. The number of hydrogen-bond acceptors (Lipinski definition) is 2. The molecule has 108 valence electrons. The van der Waals surface area contributed by atoms with Crippen LogP contribution in [0, 0.1) is 0 Å². The summed E-state index contributed by atoms with van der Waals surface area (Å²) in [4.78, 5) is 0. The summed E-state index contributed by atoms with van der Waals surface area (Å²) < 4.78 is 5.60. The molecule has 0 saturated heterocycles. The lowest BCUT2D eigenvalue weighted by Crippen LogP contribution is -2.09. The van der Waals surface area contributed by atoms with Gasteiger partial charge in [0.2, 0.25) is 0 Å². The van der Waals surface area contributed by atoms with Crippen molar-refractivity contribution in [3.8, 4) is 5.75 Å². The summed E-state index contributed by atoms with van der Waals surface area (Å²) in [5.41, 5.74) is 1.11. The van der Waals surface area contributed by atoms with E-state index in [9.17, 15) is 0 Å². The maximum Gasteiger partial charge on any atom is 0.119 e. The van der Waals surface area contributed by atoms with Crippen LogP contribution in [-0.2, 0) is 0 Å². The van der Waals surface area contributed by atoms with Gasteiger partial charge in [-0.15, -0.1) is 0 Å². The molecule has 0 aliphatic heterocycles. The number of benzene rings is 1. The summed E-state index contributed by atoms with van der Waals surface area (Å²) in [6.07, 6.45) is 5.44. The van der Waals surface area contributed by atoms with Crippen LogP contribution in [0.3, 0.4) is 0 Å². The van der Waals surface area contributed by atoms with E-state index in [1.165, 1.54) is 12.8 Å².